The zero-order valence-corrected chi connectivity index (χ0v) is 15.0. The van der Waals surface area contributed by atoms with Gasteiger partial charge >= 0.3 is 0 Å². The van der Waals surface area contributed by atoms with Crippen molar-refractivity contribution in [1.82, 2.24) is 0 Å². The van der Waals surface area contributed by atoms with Crippen LogP contribution >= 0.6 is 38.5 Å². The number of benzene rings is 2. The molecule has 0 radical (unpaired) electrons. The normalized spacial score (nSPS) is 12.4. The second-order valence-electron chi connectivity index (χ2n) is 4.65. The zero-order chi connectivity index (χ0) is 13.8. The van der Waals surface area contributed by atoms with Crippen LogP contribution in [0.25, 0.3) is 0 Å². The van der Waals surface area contributed by atoms with Gasteiger partial charge in [-0.1, -0.05) is 60.1 Å². The number of hydrogen-bond acceptors (Lipinski definition) is 0. The van der Waals surface area contributed by atoms with Crippen molar-refractivity contribution in [2.75, 3.05) is 0 Å². The molecular weight excluding hydrogens is 411 g/mol. The molecule has 2 heteroatoms. The quantitative estimate of drug-likeness (QED) is 0.420. The first kappa shape index (κ1) is 15.0. The van der Waals surface area contributed by atoms with E-state index >= 15 is 0 Å². The van der Waals surface area contributed by atoms with E-state index in [0.717, 1.165) is 12.8 Å². The summed E-state index contributed by atoms with van der Waals surface area (Å²) in [6.45, 7) is 4.45. The van der Waals surface area contributed by atoms with Gasteiger partial charge in [-0.05, 0) is 69.8 Å². The fourth-order valence-corrected chi connectivity index (χ4v) is 3.25. The van der Waals surface area contributed by atoms with Gasteiger partial charge in [0, 0.05) is 3.57 Å². The summed E-state index contributed by atoms with van der Waals surface area (Å²) in [5.74, 6) is 0. The van der Waals surface area contributed by atoms with Gasteiger partial charge in [0.05, 0.1) is 4.83 Å². The van der Waals surface area contributed by atoms with Crippen LogP contribution < -0.4 is 0 Å². The smallest absolute Gasteiger partial charge is 0.0644 e. The van der Waals surface area contributed by atoms with E-state index in [2.05, 4.69) is 94.8 Å². The first-order valence-corrected chi connectivity index (χ1v) is 8.66. The van der Waals surface area contributed by atoms with Crippen molar-refractivity contribution < 1.29 is 0 Å². The Bertz CT molecular complexity index is 546. The van der Waals surface area contributed by atoms with Crippen LogP contribution in [0.2, 0.25) is 0 Å². The maximum Gasteiger partial charge on any atom is 0.0644 e. The molecule has 2 rings (SSSR count). The molecule has 1 atom stereocenters. The summed E-state index contributed by atoms with van der Waals surface area (Å²) in [4.78, 5) is 0.278. The monoisotopic (exact) mass is 428 g/mol. The Kier molecular flexibility index (Phi) is 5.46. The van der Waals surface area contributed by atoms with Crippen LogP contribution in [0, 0.1) is 3.57 Å². The minimum absolute atomic E-state index is 0.278. The predicted molar refractivity (Wildman–Crippen MR) is 95.1 cm³/mol. The molecule has 0 aliphatic carbocycles. The van der Waals surface area contributed by atoms with E-state index in [1.54, 1.807) is 0 Å². The van der Waals surface area contributed by atoms with E-state index in [9.17, 15) is 0 Å². The Labute approximate surface area is 137 Å². The average molecular weight is 429 g/mol. The maximum atomic E-state index is 3.83. The van der Waals surface area contributed by atoms with Gasteiger partial charge in [-0.2, -0.15) is 0 Å². The van der Waals surface area contributed by atoms with Crippen molar-refractivity contribution in [1.29, 1.82) is 0 Å². The van der Waals surface area contributed by atoms with Crippen LogP contribution in [0.1, 0.15) is 40.9 Å². The molecule has 19 heavy (non-hydrogen) atoms. The second kappa shape index (κ2) is 6.89. The van der Waals surface area contributed by atoms with Gasteiger partial charge in [0.15, 0.2) is 0 Å². The molecule has 0 amide bonds. The molecule has 0 saturated heterocycles. The molecular formula is C17H18BrI. The highest BCUT2D eigenvalue weighted by Crippen LogP contribution is 2.32. The topological polar surface area (TPSA) is 0 Å². The standard InChI is InChI=1S/C17H18BrI/c1-3-12-5-6-15(11-13(12)4-2)17(18)14-7-9-16(19)10-8-14/h5-11,17H,3-4H2,1-2H3. The van der Waals surface area contributed by atoms with Gasteiger partial charge in [0.1, 0.15) is 0 Å². The van der Waals surface area contributed by atoms with E-state index in [-0.39, 0.29) is 4.83 Å². The first-order chi connectivity index (χ1) is 9.15. The lowest BCUT2D eigenvalue weighted by molar-refractivity contribution is 1.02. The van der Waals surface area contributed by atoms with Gasteiger partial charge < -0.3 is 0 Å². The minimum Gasteiger partial charge on any atom is -0.0786 e. The summed E-state index contributed by atoms with van der Waals surface area (Å²) in [5.41, 5.74) is 5.59. The third-order valence-electron chi connectivity index (χ3n) is 3.45. The third-order valence-corrected chi connectivity index (χ3v) is 5.22. The van der Waals surface area contributed by atoms with Crippen LogP contribution in [0.15, 0.2) is 42.5 Å². The lowest BCUT2D eigenvalue weighted by Gasteiger charge is -2.14. The summed E-state index contributed by atoms with van der Waals surface area (Å²) in [6, 6.07) is 15.6. The Morgan fingerprint density at radius 3 is 2.05 bits per heavy atom. The van der Waals surface area contributed by atoms with Gasteiger partial charge in [-0.3, -0.25) is 0 Å². The highest BCUT2D eigenvalue weighted by Gasteiger charge is 2.11. The van der Waals surface area contributed by atoms with E-state index < -0.39 is 0 Å². The Hall–Kier alpha value is -0.350. The minimum atomic E-state index is 0.278. The van der Waals surface area contributed by atoms with Crippen LogP contribution in [-0.2, 0) is 12.8 Å². The molecule has 0 bridgehead atoms. The highest BCUT2D eigenvalue weighted by atomic mass is 127. The third kappa shape index (κ3) is 3.60. The van der Waals surface area contributed by atoms with Crippen molar-refractivity contribution in [3.05, 3.63) is 68.3 Å². The number of hydrogen-bond donors (Lipinski definition) is 0. The van der Waals surface area contributed by atoms with E-state index in [0.29, 0.717) is 0 Å². The molecule has 100 valence electrons. The molecule has 0 aliphatic rings. The number of rotatable bonds is 4. The summed E-state index contributed by atoms with van der Waals surface area (Å²) in [7, 11) is 0. The molecule has 1 unspecified atom stereocenters. The van der Waals surface area contributed by atoms with Crippen molar-refractivity contribution >= 4 is 38.5 Å². The number of alkyl halides is 1. The second-order valence-corrected chi connectivity index (χ2v) is 6.81. The predicted octanol–water partition coefficient (Wildman–Crippen LogP) is 5.90. The van der Waals surface area contributed by atoms with Crippen molar-refractivity contribution in [2.24, 2.45) is 0 Å². The van der Waals surface area contributed by atoms with Crippen LogP contribution in [0.5, 0.6) is 0 Å². The lowest BCUT2D eigenvalue weighted by Crippen LogP contribution is -1.97. The molecule has 0 fully saturated rings. The van der Waals surface area contributed by atoms with E-state index in [4.69, 9.17) is 0 Å². The van der Waals surface area contributed by atoms with Crippen LogP contribution in [0.4, 0.5) is 0 Å². The molecule has 2 aromatic carbocycles. The van der Waals surface area contributed by atoms with Gasteiger partial charge in [0.2, 0.25) is 0 Å². The Balaban J connectivity index is 2.33. The molecule has 0 aliphatic heterocycles. The molecule has 0 nitrogen and oxygen atoms in total. The summed E-state index contributed by atoms with van der Waals surface area (Å²) >= 11 is 6.17. The van der Waals surface area contributed by atoms with Gasteiger partial charge in [0.25, 0.3) is 0 Å². The first-order valence-electron chi connectivity index (χ1n) is 6.67. The molecule has 0 spiro atoms. The molecule has 0 heterocycles. The van der Waals surface area contributed by atoms with Gasteiger partial charge in [-0.25, -0.2) is 0 Å². The molecule has 0 saturated carbocycles. The largest absolute Gasteiger partial charge is 0.0786 e. The number of halogens is 2. The van der Waals surface area contributed by atoms with E-state index in [1.807, 2.05) is 0 Å². The average Bonchev–Trinajstić information content (AvgIpc) is 2.46. The lowest BCUT2D eigenvalue weighted by atomic mass is 9.97. The van der Waals surface area contributed by atoms with Crippen LogP contribution in [-0.4, -0.2) is 0 Å². The molecule has 2 aromatic rings. The highest BCUT2D eigenvalue weighted by molar-refractivity contribution is 14.1. The van der Waals surface area contributed by atoms with E-state index in [1.165, 1.54) is 25.8 Å². The maximum absolute atomic E-state index is 3.83. The number of aryl methyl sites for hydroxylation is 2. The van der Waals surface area contributed by atoms with Crippen molar-refractivity contribution in [3.63, 3.8) is 0 Å². The van der Waals surface area contributed by atoms with Crippen LogP contribution in [0.3, 0.4) is 0 Å². The zero-order valence-electron chi connectivity index (χ0n) is 11.3. The molecule has 0 N–H and O–H groups in total. The van der Waals surface area contributed by atoms with Crippen molar-refractivity contribution in [3.8, 4) is 0 Å². The van der Waals surface area contributed by atoms with Gasteiger partial charge in [-0.15, -0.1) is 0 Å². The fourth-order valence-electron chi connectivity index (χ4n) is 2.30. The summed E-state index contributed by atoms with van der Waals surface area (Å²) < 4.78 is 1.27. The Morgan fingerprint density at radius 1 is 0.895 bits per heavy atom. The summed E-state index contributed by atoms with van der Waals surface area (Å²) in [5, 5.41) is 0. The Morgan fingerprint density at radius 2 is 1.47 bits per heavy atom. The fraction of sp³-hybridized carbons (Fsp3) is 0.294. The summed E-state index contributed by atoms with van der Waals surface area (Å²) in [6.07, 6.45) is 2.21. The molecule has 0 aromatic heterocycles. The SMILES string of the molecule is CCc1ccc(C(Br)c2ccc(I)cc2)cc1CC. The van der Waals surface area contributed by atoms with Crippen molar-refractivity contribution in [2.45, 2.75) is 31.5 Å².